The Bertz CT molecular complexity index is 654. The summed E-state index contributed by atoms with van der Waals surface area (Å²) in [6.07, 6.45) is 3.88. The Balaban J connectivity index is 2.41. The van der Waals surface area contributed by atoms with Gasteiger partial charge in [-0.15, -0.1) is 0 Å². The maximum Gasteiger partial charge on any atom is 0.267 e. The van der Waals surface area contributed by atoms with Crippen LogP contribution in [-0.2, 0) is 21.2 Å². The molecule has 0 saturated carbocycles. The molecule has 0 fully saturated rings. The molecule has 0 aliphatic rings. The number of carbonyl (C=O) groups is 1. The van der Waals surface area contributed by atoms with Gasteiger partial charge in [0.1, 0.15) is 6.29 Å². The smallest absolute Gasteiger partial charge is 0.267 e. The quantitative estimate of drug-likeness (QED) is 0.790. The first-order chi connectivity index (χ1) is 8.54. The van der Waals surface area contributed by atoms with Gasteiger partial charge in [-0.3, -0.25) is 0 Å². The average Bonchev–Trinajstić information content (AvgIpc) is 2.79. The molecule has 0 amide bonds. The van der Waals surface area contributed by atoms with E-state index in [1.54, 1.807) is 30.3 Å². The number of hydrogen-bond donors (Lipinski definition) is 0. The van der Waals surface area contributed by atoms with Crippen molar-refractivity contribution in [2.75, 3.05) is 0 Å². The Kier molecular flexibility index (Phi) is 3.34. The van der Waals surface area contributed by atoms with Crippen LogP contribution >= 0.6 is 0 Å². The molecule has 1 aromatic carbocycles. The fourth-order valence-electron chi connectivity index (χ4n) is 1.62. The van der Waals surface area contributed by atoms with Gasteiger partial charge in [-0.1, -0.05) is 17.7 Å². The van der Waals surface area contributed by atoms with Crippen molar-refractivity contribution in [1.29, 1.82) is 0 Å². The second-order valence-corrected chi connectivity index (χ2v) is 5.88. The van der Waals surface area contributed by atoms with Gasteiger partial charge in [0.2, 0.25) is 0 Å². The highest BCUT2D eigenvalue weighted by Crippen LogP contribution is 2.15. The van der Waals surface area contributed by atoms with E-state index < -0.39 is 10.0 Å². The first-order valence-corrected chi connectivity index (χ1v) is 6.91. The summed E-state index contributed by atoms with van der Waals surface area (Å²) < 4.78 is 25.6. The minimum atomic E-state index is -3.55. The fourth-order valence-corrected chi connectivity index (χ4v) is 2.84. The van der Waals surface area contributed by atoms with Crippen LogP contribution in [0.25, 0.3) is 0 Å². The van der Waals surface area contributed by atoms with Crippen LogP contribution in [0.4, 0.5) is 0 Å². The van der Waals surface area contributed by atoms with Gasteiger partial charge in [0.25, 0.3) is 10.0 Å². The molecule has 0 spiro atoms. The van der Waals surface area contributed by atoms with E-state index in [1.807, 2.05) is 6.92 Å². The zero-order valence-corrected chi connectivity index (χ0v) is 10.7. The summed E-state index contributed by atoms with van der Waals surface area (Å²) in [6.45, 7) is 1.90. The highest BCUT2D eigenvalue weighted by Gasteiger charge is 2.16. The van der Waals surface area contributed by atoms with Crippen molar-refractivity contribution in [3.05, 3.63) is 53.9 Å². The fraction of sp³-hybridized carbons (Fsp3) is 0.154. The molecule has 4 nitrogen and oxygen atoms in total. The van der Waals surface area contributed by atoms with E-state index in [1.165, 1.54) is 12.4 Å². The summed E-state index contributed by atoms with van der Waals surface area (Å²) >= 11 is 0. The molecule has 0 aliphatic carbocycles. The summed E-state index contributed by atoms with van der Waals surface area (Å²) in [4.78, 5) is 10.6. The van der Waals surface area contributed by atoms with Crippen LogP contribution < -0.4 is 0 Å². The van der Waals surface area contributed by atoms with Gasteiger partial charge in [0, 0.05) is 18.8 Å². The molecule has 0 N–H and O–H groups in total. The van der Waals surface area contributed by atoms with E-state index in [0.717, 1.165) is 15.8 Å². The van der Waals surface area contributed by atoms with Crippen LogP contribution in [0, 0.1) is 6.92 Å². The molecule has 1 aromatic heterocycles. The molecule has 2 aromatic rings. The molecule has 18 heavy (non-hydrogen) atoms. The van der Waals surface area contributed by atoms with E-state index in [-0.39, 0.29) is 11.3 Å². The SMILES string of the molecule is Cc1ccc(S(=O)(=O)n2ccc(CC=O)c2)cc1. The predicted molar refractivity (Wildman–Crippen MR) is 68.0 cm³/mol. The van der Waals surface area contributed by atoms with Crippen molar-refractivity contribution >= 4 is 16.3 Å². The molecule has 1 heterocycles. The molecule has 0 aliphatic heterocycles. The monoisotopic (exact) mass is 263 g/mol. The van der Waals surface area contributed by atoms with E-state index >= 15 is 0 Å². The molecule has 5 heteroatoms. The van der Waals surface area contributed by atoms with Crippen molar-refractivity contribution in [3.63, 3.8) is 0 Å². The Morgan fingerprint density at radius 2 is 1.83 bits per heavy atom. The Morgan fingerprint density at radius 3 is 2.44 bits per heavy atom. The van der Waals surface area contributed by atoms with Gasteiger partial charge >= 0.3 is 0 Å². The average molecular weight is 263 g/mol. The van der Waals surface area contributed by atoms with Gasteiger partial charge < -0.3 is 4.79 Å². The molecule has 94 valence electrons. The minimum Gasteiger partial charge on any atom is -0.303 e. The lowest BCUT2D eigenvalue weighted by Gasteiger charge is -2.05. The highest BCUT2D eigenvalue weighted by molar-refractivity contribution is 7.90. The van der Waals surface area contributed by atoms with Crippen molar-refractivity contribution in [1.82, 2.24) is 3.97 Å². The Labute approximate surface area is 106 Å². The number of rotatable bonds is 4. The highest BCUT2D eigenvalue weighted by atomic mass is 32.2. The second-order valence-electron chi connectivity index (χ2n) is 4.04. The van der Waals surface area contributed by atoms with Crippen LogP contribution in [0.5, 0.6) is 0 Å². The maximum absolute atomic E-state index is 12.2. The Morgan fingerprint density at radius 1 is 1.17 bits per heavy atom. The first-order valence-electron chi connectivity index (χ1n) is 5.47. The van der Waals surface area contributed by atoms with Gasteiger partial charge in [0.05, 0.1) is 4.90 Å². The van der Waals surface area contributed by atoms with Crippen LogP contribution in [0.2, 0.25) is 0 Å². The normalized spacial score (nSPS) is 11.4. The van der Waals surface area contributed by atoms with E-state index in [0.29, 0.717) is 5.56 Å². The second kappa shape index (κ2) is 4.78. The van der Waals surface area contributed by atoms with Crippen LogP contribution in [0.3, 0.4) is 0 Å². The molecule has 0 unspecified atom stereocenters. The number of aryl methyl sites for hydroxylation is 1. The Hall–Kier alpha value is -1.88. The summed E-state index contributed by atoms with van der Waals surface area (Å²) in [7, 11) is -3.55. The number of aromatic nitrogens is 1. The van der Waals surface area contributed by atoms with Crippen molar-refractivity contribution in [2.24, 2.45) is 0 Å². The molecular formula is C13H13NO3S. The third-order valence-corrected chi connectivity index (χ3v) is 4.29. The van der Waals surface area contributed by atoms with Gasteiger partial charge in [-0.25, -0.2) is 12.4 Å². The van der Waals surface area contributed by atoms with Crippen LogP contribution in [-0.4, -0.2) is 18.7 Å². The predicted octanol–water partition coefficient (Wildman–Crippen LogP) is 1.77. The zero-order chi connectivity index (χ0) is 13.2. The van der Waals surface area contributed by atoms with Crippen LogP contribution in [0.1, 0.15) is 11.1 Å². The summed E-state index contributed by atoms with van der Waals surface area (Å²) in [6, 6.07) is 8.28. The van der Waals surface area contributed by atoms with E-state index in [4.69, 9.17) is 0 Å². The van der Waals surface area contributed by atoms with Gasteiger partial charge in [-0.05, 0) is 30.7 Å². The van der Waals surface area contributed by atoms with E-state index in [9.17, 15) is 13.2 Å². The zero-order valence-electron chi connectivity index (χ0n) is 9.91. The minimum absolute atomic E-state index is 0.219. The number of aldehydes is 1. The van der Waals surface area contributed by atoms with Gasteiger partial charge in [-0.2, -0.15) is 0 Å². The third-order valence-electron chi connectivity index (χ3n) is 2.64. The number of hydrogen-bond acceptors (Lipinski definition) is 3. The topological polar surface area (TPSA) is 56.1 Å². The molecule has 0 radical (unpaired) electrons. The van der Waals surface area contributed by atoms with Crippen LogP contribution in [0.15, 0.2) is 47.6 Å². The standard InChI is InChI=1S/C13H13NO3S/c1-11-2-4-13(5-3-11)18(16,17)14-8-6-12(10-14)7-9-15/h2-6,8-10H,7H2,1H3. The first kappa shape index (κ1) is 12.6. The molecule has 0 saturated heterocycles. The number of benzene rings is 1. The number of nitrogens with zero attached hydrogens (tertiary/aromatic N) is 1. The largest absolute Gasteiger partial charge is 0.303 e. The van der Waals surface area contributed by atoms with E-state index in [2.05, 4.69) is 0 Å². The molecule has 2 rings (SSSR count). The number of carbonyl (C=O) groups excluding carboxylic acids is 1. The molecule has 0 atom stereocenters. The lowest BCUT2D eigenvalue weighted by atomic mass is 10.2. The summed E-state index contributed by atoms with van der Waals surface area (Å²) in [5, 5.41) is 0. The summed E-state index contributed by atoms with van der Waals surface area (Å²) in [5.74, 6) is 0. The lowest BCUT2D eigenvalue weighted by molar-refractivity contribution is -0.107. The summed E-state index contributed by atoms with van der Waals surface area (Å²) in [5.41, 5.74) is 1.68. The van der Waals surface area contributed by atoms with Crippen molar-refractivity contribution in [3.8, 4) is 0 Å². The lowest BCUT2D eigenvalue weighted by Crippen LogP contribution is -2.10. The van der Waals surface area contributed by atoms with Crippen molar-refractivity contribution < 1.29 is 13.2 Å². The maximum atomic E-state index is 12.2. The third kappa shape index (κ3) is 2.36. The van der Waals surface area contributed by atoms with Gasteiger partial charge in [0.15, 0.2) is 0 Å². The van der Waals surface area contributed by atoms with Crippen molar-refractivity contribution in [2.45, 2.75) is 18.2 Å². The molecule has 0 bridgehead atoms. The molecular weight excluding hydrogens is 250 g/mol.